The van der Waals surface area contributed by atoms with Crippen molar-refractivity contribution in [3.8, 4) is 89.4 Å². The van der Waals surface area contributed by atoms with Crippen molar-refractivity contribution in [2.45, 2.75) is 19.3 Å². The molecule has 10 aromatic carbocycles. The largest absolute Gasteiger partial charge is 0.456 e. The standard InChI is InChI=1S/C63H45NO/c1-63(2)59-24-13-12-23-54(59)55-34-31-51(40-60(55)63)64(50-22-14-21-47(37-50)43-17-8-4-9-18-43)52-32-35-56-53-33-29-48(44-19-10-5-11-20-44)38-57(53)58-39-49(30-36-61(58)65-62(56)41-52)46-27-25-45(26-28-46)42-15-6-3-7-16-42/h3-41H,1-2H3. The monoisotopic (exact) mass is 831 g/mol. The van der Waals surface area contributed by atoms with E-state index in [-0.39, 0.29) is 5.41 Å². The van der Waals surface area contributed by atoms with Gasteiger partial charge in [0, 0.05) is 39.7 Å². The summed E-state index contributed by atoms with van der Waals surface area (Å²) in [5.41, 5.74) is 22.1. The van der Waals surface area contributed by atoms with E-state index in [1.54, 1.807) is 0 Å². The second kappa shape index (κ2) is 15.6. The molecule has 0 spiro atoms. The molecule has 0 N–H and O–H groups in total. The highest BCUT2D eigenvalue weighted by atomic mass is 16.5. The molecule has 1 aliphatic carbocycles. The van der Waals surface area contributed by atoms with Gasteiger partial charge >= 0.3 is 0 Å². The fraction of sp³-hybridized carbons (Fsp3) is 0.0476. The summed E-state index contributed by atoms with van der Waals surface area (Å²) in [5.74, 6) is 1.64. The SMILES string of the molecule is CC1(C)c2ccccc2-c2ccc(N(c3cccc(-c4ccccc4)c3)c3ccc4c(c3)Oc3ccc(-c5ccc(-c6ccccc6)cc5)cc3-c3cc(-c5ccccc5)ccc3-4)cc21. The molecule has 2 heteroatoms. The Hall–Kier alpha value is -8.20. The van der Waals surface area contributed by atoms with Crippen molar-refractivity contribution in [1.82, 2.24) is 0 Å². The van der Waals surface area contributed by atoms with Gasteiger partial charge in [-0.2, -0.15) is 0 Å². The van der Waals surface area contributed by atoms with Crippen LogP contribution in [0.15, 0.2) is 237 Å². The van der Waals surface area contributed by atoms with E-state index in [0.717, 1.165) is 67.5 Å². The quantitative estimate of drug-likeness (QED) is 0.159. The van der Waals surface area contributed by atoms with Crippen LogP contribution in [0.4, 0.5) is 17.1 Å². The Bertz CT molecular complexity index is 3410. The van der Waals surface area contributed by atoms with Crippen molar-refractivity contribution in [3.63, 3.8) is 0 Å². The fourth-order valence-electron chi connectivity index (χ4n) is 10.1. The summed E-state index contributed by atoms with van der Waals surface area (Å²) in [6.45, 7) is 4.70. The van der Waals surface area contributed by atoms with Gasteiger partial charge in [-0.25, -0.2) is 0 Å². The smallest absolute Gasteiger partial charge is 0.137 e. The third-order valence-corrected chi connectivity index (χ3v) is 13.5. The topological polar surface area (TPSA) is 12.5 Å². The van der Waals surface area contributed by atoms with Crippen molar-refractivity contribution in [1.29, 1.82) is 0 Å². The Morgan fingerprint density at radius 3 is 1.43 bits per heavy atom. The summed E-state index contributed by atoms with van der Waals surface area (Å²) in [5, 5.41) is 0. The second-order valence-electron chi connectivity index (χ2n) is 17.7. The van der Waals surface area contributed by atoms with Gasteiger partial charge in [0.15, 0.2) is 0 Å². The van der Waals surface area contributed by atoms with E-state index in [1.165, 1.54) is 50.1 Å². The van der Waals surface area contributed by atoms with Crippen molar-refractivity contribution in [3.05, 3.63) is 248 Å². The number of fused-ring (bicyclic) bond motifs is 8. The van der Waals surface area contributed by atoms with Crippen LogP contribution in [-0.4, -0.2) is 0 Å². The molecule has 0 saturated carbocycles. The van der Waals surface area contributed by atoms with Crippen molar-refractivity contribution < 1.29 is 4.74 Å². The number of anilines is 3. The zero-order chi connectivity index (χ0) is 43.5. The molecule has 0 bridgehead atoms. The van der Waals surface area contributed by atoms with Crippen LogP contribution >= 0.6 is 0 Å². The molecule has 0 amide bonds. The second-order valence-corrected chi connectivity index (χ2v) is 17.7. The summed E-state index contributed by atoms with van der Waals surface area (Å²) < 4.78 is 7.18. The molecule has 2 aliphatic rings. The highest BCUT2D eigenvalue weighted by Gasteiger charge is 2.36. The fourth-order valence-corrected chi connectivity index (χ4v) is 10.1. The number of ether oxygens (including phenoxy) is 1. The Balaban J connectivity index is 1.01. The van der Waals surface area contributed by atoms with Crippen LogP contribution in [0.2, 0.25) is 0 Å². The predicted molar refractivity (Wildman–Crippen MR) is 271 cm³/mol. The molecule has 2 nitrogen and oxygen atoms in total. The molecule has 0 unspecified atom stereocenters. The lowest BCUT2D eigenvalue weighted by Gasteiger charge is -2.29. The maximum Gasteiger partial charge on any atom is 0.137 e. The Labute approximate surface area is 381 Å². The van der Waals surface area contributed by atoms with E-state index >= 15 is 0 Å². The van der Waals surface area contributed by atoms with Gasteiger partial charge in [-0.1, -0.05) is 190 Å². The van der Waals surface area contributed by atoms with Gasteiger partial charge in [0.2, 0.25) is 0 Å². The van der Waals surface area contributed by atoms with Crippen LogP contribution in [-0.2, 0) is 5.41 Å². The first kappa shape index (κ1) is 38.5. The highest BCUT2D eigenvalue weighted by molar-refractivity contribution is 5.96. The minimum absolute atomic E-state index is 0.148. The Morgan fingerprint density at radius 1 is 0.277 bits per heavy atom. The molecular formula is C63H45NO. The molecule has 0 fully saturated rings. The van der Waals surface area contributed by atoms with E-state index in [9.17, 15) is 0 Å². The van der Waals surface area contributed by atoms with Gasteiger partial charge in [-0.3, -0.25) is 0 Å². The Kier molecular flexibility index (Phi) is 9.21. The molecule has 308 valence electrons. The van der Waals surface area contributed by atoms with Crippen LogP contribution < -0.4 is 9.64 Å². The number of hydrogen-bond acceptors (Lipinski definition) is 2. The van der Waals surface area contributed by atoms with Crippen LogP contribution in [0.25, 0.3) is 77.9 Å². The molecular weight excluding hydrogens is 787 g/mol. The minimum Gasteiger partial charge on any atom is -0.456 e. The number of nitrogens with zero attached hydrogens (tertiary/aromatic N) is 1. The van der Waals surface area contributed by atoms with Crippen molar-refractivity contribution >= 4 is 17.1 Å². The maximum atomic E-state index is 7.18. The zero-order valence-corrected chi connectivity index (χ0v) is 36.4. The lowest BCUT2D eigenvalue weighted by Crippen LogP contribution is -2.16. The average molecular weight is 832 g/mol. The molecule has 1 heterocycles. The van der Waals surface area contributed by atoms with Gasteiger partial charge in [-0.05, 0) is 132 Å². The van der Waals surface area contributed by atoms with Crippen LogP contribution in [0.3, 0.4) is 0 Å². The zero-order valence-electron chi connectivity index (χ0n) is 36.4. The first-order valence-corrected chi connectivity index (χ1v) is 22.5. The number of hydrogen-bond donors (Lipinski definition) is 0. The van der Waals surface area contributed by atoms with E-state index in [0.29, 0.717) is 0 Å². The van der Waals surface area contributed by atoms with Crippen LogP contribution in [0.1, 0.15) is 25.0 Å². The first-order valence-electron chi connectivity index (χ1n) is 22.5. The van der Waals surface area contributed by atoms with Gasteiger partial charge < -0.3 is 9.64 Å². The summed E-state index contributed by atoms with van der Waals surface area (Å²) in [6, 6.07) is 85.7. The molecule has 10 aromatic rings. The maximum absolute atomic E-state index is 7.18. The van der Waals surface area contributed by atoms with Crippen LogP contribution in [0, 0.1) is 0 Å². The van der Waals surface area contributed by atoms with Gasteiger partial charge in [-0.15, -0.1) is 0 Å². The lowest BCUT2D eigenvalue weighted by molar-refractivity contribution is 0.488. The summed E-state index contributed by atoms with van der Waals surface area (Å²) in [4.78, 5) is 2.39. The third-order valence-electron chi connectivity index (χ3n) is 13.5. The minimum atomic E-state index is -0.148. The molecule has 12 rings (SSSR count). The summed E-state index contributed by atoms with van der Waals surface area (Å²) in [6.07, 6.45) is 0. The summed E-state index contributed by atoms with van der Waals surface area (Å²) in [7, 11) is 0. The Morgan fingerprint density at radius 2 is 0.738 bits per heavy atom. The van der Waals surface area contributed by atoms with Gasteiger partial charge in [0.25, 0.3) is 0 Å². The van der Waals surface area contributed by atoms with E-state index in [2.05, 4.69) is 255 Å². The van der Waals surface area contributed by atoms with E-state index in [1.807, 2.05) is 0 Å². The molecule has 0 aromatic heterocycles. The van der Waals surface area contributed by atoms with Crippen molar-refractivity contribution in [2.24, 2.45) is 0 Å². The highest BCUT2D eigenvalue weighted by Crippen LogP contribution is 2.53. The molecule has 1 aliphatic heterocycles. The molecule has 0 radical (unpaired) electrons. The van der Waals surface area contributed by atoms with E-state index < -0.39 is 0 Å². The molecule has 0 saturated heterocycles. The predicted octanol–water partition coefficient (Wildman–Crippen LogP) is 17.6. The average Bonchev–Trinajstić information content (AvgIpc) is 3.50. The normalized spacial score (nSPS) is 12.7. The van der Waals surface area contributed by atoms with Crippen molar-refractivity contribution in [2.75, 3.05) is 4.90 Å². The third kappa shape index (κ3) is 6.74. The molecule has 65 heavy (non-hydrogen) atoms. The lowest BCUT2D eigenvalue weighted by atomic mass is 9.82. The molecule has 0 atom stereocenters. The number of rotatable bonds is 7. The van der Waals surface area contributed by atoms with Gasteiger partial charge in [0.05, 0.1) is 0 Å². The number of benzene rings is 10. The van der Waals surface area contributed by atoms with Gasteiger partial charge in [0.1, 0.15) is 11.5 Å². The van der Waals surface area contributed by atoms with Crippen LogP contribution in [0.5, 0.6) is 11.5 Å². The summed E-state index contributed by atoms with van der Waals surface area (Å²) >= 11 is 0. The first-order chi connectivity index (χ1) is 32.0. The van der Waals surface area contributed by atoms with E-state index in [4.69, 9.17) is 4.74 Å².